The Hall–Kier alpha value is -2.93. The van der Waals surface area contributed by atoms with Crippen LogP contribution in [-0.2, 0) is 16.1 Å². The van der Waals surface area contributed by atoms with Crippen molar-refractivity contribution in [3.63, 3.8) is 0 Å². The molecule has 0 saturated carbocycles. The van der Waals surface area contributed by atoms with Crippen LogP contribution in [0.15, 0.2) is 42.5 Å². The second-order valence-corrected chi connectivity index (χ2v) is 6.44. The Labute approximate surface area is 162 Å². The topological polar surface area (TPSA) is 93.9 Å². The number of ether oxygens (including phenoxy) is 2. The number of likely N-dealkylation sites (tertiary alicyclic amines) is 1. The molecule has 0 radical (unpaired) electrons. The van der Waals surface area contributed by atoms with Crippen molar-refractivity contribution in [1.82, 2.24) is 4.90 Å². The van der Waals surface area contributed by atoms with Gasteiger partial charge in [0.25, 0.3) is 0 Å². The first-order valence-electron chi connectivity index (χ1n) is 8.42. The van der Waals surface area contributed by atoms with Crippen molar-refractivity contribution in [2.75, 3.05) is 24.4 Å². The molecule has 2 amide bonds. The molecule has 4 rings (SSSR count). The summed E-state index contributed by atoms with van der Waals surface area (Å²) < 4.78 is 10.6. The van der Waals surface area contributed by atoms with Gasteiger partial charge in [-0.1, -0.05) is 30.3 Å². The van der Waals surface area contributed by atoms with E-state index in [1.165, 1.54) is 0 Å². The minimum atomic E-state index is -0.406. The van der Waals surface area contributed by atoms with Gasteiger partial charge in [-0.3, -0.25) is 9.59 Å². The van der Waals surface area contributed by atoms with Gasteiger partial charge in [0, 0.05) is 31.6 Å². The Balaban J connectivity index is 0.00000210. The fourth-order valence-corrected chi connectivity index (χ4v) is 3.21. The number of anilines is 2. The molecule has 0 spiro atoms. The molecule has 1 atom stereocenters. The number of carbonyl (C=O) groups excluding carboxylic acids is 2. The molecule has 0 aliphatic carbocycles. The van der Waals surface area contributed by atoms with Gasteiger partial charge in [-0.25, -0.2) is 0 Å². The molecule has 1 saturated heterocycles. The number of carbonyl (C=O) groups is 2. The molecule has 3 N–H and O–H groups in total. The summed E-state index contributed by atoms with van der Waals surface area (Å²) in [6.07, 6.45) is 0.198. The second kappa shape index (κ2) is 7.75. The SMILES string of the molecule is Cl.Nc1cc2c(cc1NC(=O)C1CC(=O)N(Cc3ccccc3)C1)OCO2. The van der Waals surface area contributed by atoms with Crippen LogP contribution in [0.4, 0.5) is 11.4 Å². The van der Waals surface area contributed by atoms with Crippen LogP contribution in [0.25, 0.3) is 0 Å². The molecular formula is C19H20ClN3O4. The molecule has 2 aliphatic heterocycles. The van der Waals surface area contributed by atoms with Gasteiger partial charge in [0.15, 0.2) is 11.5 Å². The molecule has 2 aliphatic rings. The van der Waals surface area contributed by atoms with Gasteiger partial charge in [0.2, 0.25) is 18.6 Å². The zero-order valence-corrected chi connectivity index (χ0v) is 15.3. The number of amides is 2. The number of benzene rings is 2. The molecule has 2 aromatic carbocycles. The lowest BCUT2D eigenvalue weighted by Gasteiger charge is -2.17. The van der Waals surface area contributed by atoms with Crippen molar-refractivity contribution in [3.8, 4) is 11.5 Å². The van der Waals surface area contributed by atoms with Crippen LogP contribution in [0.1, 0.15) is 12.0 Å². The molecule has 0 aromatic heterocycles. The summed E-state index contributed by atoms with van der Waals surface area (Å²) in [5.74, 6) is 0.455. The third-order valence-corrected chi connectivity index (χ3v) is 4.60. The van der Waals surface area contributed by atoms with Crippen LogP contribution in [0, 0.1) is 5.92 Å². The third-order valence-electron chi connectivity index (χ3n) is 4.60. The predicted molar refractivity (Wildman–Crippen MR) is 103 cm³/mol. The average Bonchev–Trinajstić information content (AvgIpc) is 3.23. The van der Waals surface area contributed by atoms with Crippen molar-refractivity contribution in [2.45, 2.75) is 13.0 Å². The number of nitrogens with zero attached hydrogens (tertiary/aromatic N) is 1. The Morgan fingerprint density at radius 2 is 1.89 bits per heavy atom. The fraction of sp³-hybridized carbons (Fsp3) is 0.263. The van der Waals surface area contributed by atoms with E-state index in [0.717, 1.165) is 5.56 Å². The summed E-state index contributed by atoms with van der Waals surface area (Å²) in [5, 5.41) is 2.81. The average molecular weight is 390 g/mol. The van der Waals surface area contributed by atoms with Crippen LogP contribution < -0.4 is 20.5 Å². The number of hydrogen-bond acceptors (Lipinski definition) is 5. The van der Waals surface area contributed by atoms with Gasteiger partial charge >= 0.3 is 0 Å². The van der Waals surface area contributed by atoms with Crippen LogP contribution in [0.2, 0.25) is 0 Å². The molecule has 2 heterocycles. The molecule has 1 unspecified atom stereocenters. The van der Waals surface area contributed by atoms with Gasteiger partial charge in [0.05, 0.1) is 17.3 Å². The van der Waals surface area contributed by atoms with E-state index in [2.05, 4.69) is 5.32 Å². The molecule has 0 bridgehead atoms. The van der Waals surface area contributed by atoms with Crippen LogP contribution >= 0.6 is 12.4 Å². The van der Waals surface area contributed by atoms with Crippen LogP contribution in [0.3, 0.4) is 0 Å². The summed E-state index contributed by atoms with van der Waals surface area (Å²) in [4.78, 5) is 26.6. The van der Waals surface area contributed by atoms with E-state index in [4.69, 9.17) is 15.2 Å². The molecule has 2 aromatic rings. The Bertz CT molecular complexity index is 860. The smallest absolute Gasteiger partial charge is 0.231 e. The van der Waals surface area contributed by atoms with E-state index in [0.29, 0.717) is 36.0 Å². The highest BCUT2D eigenvalue weighted by molar-refractivity contribution is 5.99. The first kappa shape index (κ1) is 18.8. The van der Waals surface area contributed by atoms with Crippen LogP contribution in [-0.4, -0.2) is 30.1 Å². The Morgan fingerprint density at radius 1 is 1.19 bits per heavy atom. The normalized spacial score (nSPS) is 17.6. The van der Waals surface area contributed by atoms with Crippen molar-refractivity contribution >= 4 is 35.6 Å². The summed E-state index contributed by atoms with van der Waals surface area (Å²) in [5.41, 5.74) is 7.88. The van der Waals surface area contributed by atoms with Crippen molar-refractivity contribution in [3.05, 3.63) is 48.0 Å². The van der Waals surface area contributed by atoms with Crippen molar-refractivity contribution in [1.29, 1.82) is 0 Å². The molecule has 8 heteroatoms. The maximum Gasteiger partial charge on any atom is 0.231 e. The third kappa shape index (κ3) is 3.93. The number of fused-ring (bicyclic) bond motifs is 1. The molecule has 142 valence electrons. The number of hydrogen-bond donors (Lipinski definition) is 2. The highest BCUT2D eigenvalue weighted by atomic mass is 35.5. The molecule has 1 fully saturated rings. The molecule has 27 heavy (non-hydrogen) atoms. The van der Waals surface area contributed by atoms with Gasteiger partial charge in [-0.05, 0) is 5.56 Å². The quantitative estimate of drug-likeness (QED) is 0.783. The van der Waals surface area contributed by atoms with E-state index in [-0.39, 0.29) is 37.4 Å². The zero-order chi connectivity index (χ0) is 18.1. The Morgan fingerprint density at radius 3 is 2.63 bits per heavy atom. The molecular weight excluding hydrogens is 370 g/mol. The monoisotopic (exact) mass is 389 g/mol. The number of nitrogens with two attached hydrogens (primary N) is 1. The van der Waals surface area contributed by atoms with E-state index >= 15 is 0 Å². The number of nitrogen functional groups attached to an aromatic ring is 1. The lowest BCUT2D eigenvalue weighted by molar-refractivity contribution is -0.128. The number of halogens is 1. The standard InChI is InChI=1S/C19H19N3O4.ClH/c20-14-7-16-17(26-11-25-16)8-15(14)21-19(24)13-6-18(23)22(10-13)9-12-4-2-1-3-5-12;/h1-5,7-8,13H,6,9-11,20H2,(H,21,24);1H. The van der Waals surface area contributed by atoms with Crippen molar-refractivity contribution < 1.29 is 19.1 Å². The van der Waals surface area contributed by atoms with Gasteiger partial charge in [0.1, 0.15) is 0 Å². The summed E-state index contributed by atoms with van der Waals surface area (Å²) in [6.45, 7) is 1.04. The summed E-state index contributed by atoms with van der Waals surface area (Å²) in [7, 11) is 0. The van der Waals surface area contributed by atoms with E-state index in [9.17, 15) is 9.59 Å². The first-order chi connectivity index (χ1) is 12.6. The Kier molecular flexibility index (Phi) is 5.41. The zero-order valence-electron chi connectivity index (χ0n) is 14.5. The van der Waals surface area contributed by atoms with E-state index < -0.39 is 5.92 Å². The highest BCUT2D eigenvalue weighted by Gasteiger charge is 2.34. The van der Waals surface area contributed by atoms with Crippen LogP contribution in [0.5, 0.6) is 11.5 Å². The predicted octanol–water partition coefficient (Wildman–Crippen LogP) is 2.41. The minimum absolute atomic E-state index is 0. The highest BCUT2D eigenvalue weighted by Crippen LogP contribution is 2.38. The van der Waals surface area contributed by atoms with E-state index in [1.54, 1.807) is 17.0 Å². The fourth-order valence-electron chi connectivity index (χ4n) is 3.21. The van der Waals surface area contributed by atoms with Crippen molar-refractivity contribution in [2.24, 2.45) is 5.92 Å². The van der Waals surface area contributed by atoms with Gasteiger partial charge in [-0.2, -0.15) is 0 Å². The van der Waals surface area contributed by atoms with Gasteiger partial charge < -0.3 is 25.4 Å². The lowest BCUT2D eigenvalue weighted by Crippen LogP contribution is -2.28. The second-order valence-electron chi connectivity index (χ2n) is 6.44. The summed E-state index contributed by atoms with van der Waals surface area (Å²) in [6, 6.07) is 13.0. The maximum absolute atomic E-state index is 12.6. The lowest BCUT2D eigenvalue weighted by atomic mass is 10.1. The number of nitrogens with one attached hydrogen (secondary N) is 1. The van der Waals surface area contributed by atoms with Gasteiger partial charge in [-0.15, -0.1) is 12.4 Å². The number of rotatable bonds is 4. The maximum atomic E-state index is 12.6. The van der Waals surface area contributed by atoms with E-state index in [1.807, 2.05) is 30.3 Å². The minimum Gasteiger partial charge on any atom is -0.454 e. The molecule has 7 nitrogen and oxygen atoms in total. The largest absolute Gasteiger partial charge is 0.454 e. The summed E-state index contributed by atoms with van der Waals surface area (Å²) >= 11 is 0. The first-order valence-corrected chi connectivity index (χ1v) is 8.42.